The molecule has 1 aliphatic heterocycles. The number of hydrogen-bond donors (Lipinski definition) is 1. The largest absolute Gasteiger partial charge is 0.480 e. The van der Waals surface area contributed by atoms with Gasteiger partial charge >= 0.3 is 5.97 Å². The Balaban J connectivity index is 2.25. The molecular weight excluding hydrogens is 320 g/mol. The summed E-state index contributed by atoms with van der Waals surface area (Å²) in [5.41, 5.74) is 0.171. The number of aromatic nitrogens is 1. The van der Waals surface area contributed by atoms with Crippen molar-refractivity contribution in [3.05, 3.63) is 29.0 Å². The number of carboxylic acid groups (broad SMARTS) is 1. The second kappa shape index (κ2) is 5.98. The van der Waals surface area contributed by atoms with Gasteiger partial charge in [0.05, 0.1) is 17.1 Å². The fourth-order valence-corrected chi connectivity index (χ4v) is 4.04. The van der Waals surface area contributed by atoms with Crippen molar-refractivity contribution in [2.75, 3.05) is 18.1 Å². The lowest BCUT2D eigenvalue weighted by atomic mass is 10.1. The summed E-state index contributed by atoms with van der Waals surface area (Å²) in [5, 5.41) is 9.14. The van der Waals surface area contributed by atoms with Gasteiger partial charge < -0.3 is 10.0 Å². The number of carboxylic acids is 1. The number of halogens is 1. The number of sulfone groups is 1. The van der Waals surface area contributed by atoms with Crippen LogP contribution in [0.2, 0.25) is 5.15 Å². The molecule has 1 fully saturated rings. The molecular formula is C12H13ClN2O5S. The summed E-state index contributed by atoms with van der Waals surface area (Å²) in [6.45, 7) is -0.554. The van der Waals surface area contributed by atoms with Crippen LogP contribution in [0.3, 0.4) is 0 Å². The van der Waals surface area contributed by atoms with E-state index >= 15 is 0 Å². The highest BCUT2D eigenvalue weighted by molar-refractivity contribution is 7.91. The van der Waals surface area contributed by atoms with E-state index in [0.29, 0.717) is 0 Å². The van der Waals surface area contributed by atoms with Crippen LogP contribution in [0.5, 0.6) is 0 Å². The molecule has 21 heavy (non-hydrogen) atoms. The monoisotopic (exact) mass is 332 g/mol. The van der Waals surface area contributed by atoms with Crippen LogP contribution >= 0.6 is 11.6 Å². The van der Waals surface area contributed by atoms with Gasteiger partial charge in [-0.3, -0.25) is 9.59 Å². The summed E-state index contributed by atoms with van der Waals surface area (Å²) in [6.07, 6.45) is 1.48. The third-order valence-corrected chi connectivity index (χ3v) is 5.16. The zero-order valence-electron chi connectivity index (χ0n) is 10.9. The highest BCUT2D eigenvalue weighted by Crippen LogP contribution is 2.20. The van der Waals surface area contributed by atoms with Crippen LogP contribution in [0.25, 0.3) is 0 Å². The highest BCUT2D eigenvalue weighted by Gasteiger charge is 2.36. The maximum atomic E-state index is 12.4. The van der Waals surface area contributed by atoms with Gasteiger partial charge in [-0.1, -0.05) is 11.6 Å². The van der Waals surface area contributed by atoms with Gasteiger partial charge in [-0.15, -0.1) is 0 Å². The maximum Gasteiger partial charge on any atom is 0.323 e. The Morgan fingerprint density at radius 1 is 1.43 bits per heavy atom. The first-order valence-corrected chi connectivity index (χ1v) is 8.33. The average Bonchev–Trinajstić information content (AvgIpc) is 2.76. The normalized spacial score (nSPS) is 20.1. The van der Waals surface area contributed by atoms with Crippen molar-refractivity contribution in [2.45, 2.75) is 12.5 Å². The molecule has 9 heteroatoms. The van der Waals surface area contributed by atoms with E-state index in [9.17, 15) is 18.0 Å². The van der Waals surface area contributed by atoms with Gasteiger partial charge in [-0.05, 0) is 18.6 Å². The lowest BCUT2D eigenvalue weighted by molar-refractivity contribution is -0.138. The van der Waals surface area contributed by atoms with Crippen molar-refractivity contribution < 1.29 is 23.1 Å². The van der Waals surface area contributed by atoms with E-state index < -0.39 is 34.3 Å². The third-order valence-electron chi connectivity index (χ3n) is 3.19. The molecule has 0 bridgehead atoms. The molecule has 1 N–H and O–H groups in total. The molecule has 1 aliphatic rings. The first-order valence-electron chi connectivity index (χ1n) is 6.13. The summed E-state index contributed by atoms with van der Waals surface area (Å²) in [5.74, 6) is -2.02. The zero-order valence-corrected chi connectivity index (χ0v) is 12.5. The van der Waals surface area contributed by atoms with Crippen molar-refractivity contribution in [1.82, 2.24) is 9.88 Å². The van der Waals surface area contributed by atoms with Crippen LogP contribution in [0, 0.1) is 0 Å². The number of carbonyl (C=O) groups excluding carboxylic acids is 1. The smallest absolute Gasteiger partial charge is 0.323 e. The predicted molar refractivity (Wildman–Crippen MR) is 75.0 cm³/mol. The fraction of sp³-hybridized carbons (Fsp3) is 0.417. The Kier molecular flexibility index (Phi) is 4.48. The van der Waals surface area contributed by atoms with Crippen LogP contribution in [0.15, 0.2) is 18.3 Å². The minimum Gasteiger partial charge on any atom is -0.480 e. The van der Waals surface area contributed by atoms with Gasteiger partial charge in [0.25, 0.3) is 5.91 Å². The molecule has 0 radical (unpaired) electrons. The Morgan fingerprint density at radius 2 is 2.14 bits per heavy atom. The molecule has 1 amide bonds. The molecule has 0 aliphatic carbocycles. The van der Waals surface area contributed by atoms with Crippen molar-refractivity contribution in [2.24, 2.45) is 0 Å². The number of aliphatic carboxylic acids is 1. The van der Waals surface area contributed by atoms with E-state index in [1.54, 1.807) is 0 Å². The number of nitrogens with zero attached hydrogens (tertiary/aromatic N) is 2. The summed E-state index contributed by atoms with van der Waals surface area (Å²) in [7, 11) is -3.22. The Bertz CT molecular complexity index is 659. The minimum absolute atomic E-state index is 0.0417. The summed E-state index contributed by atoms with van der Waals surface area (Å²) >= 11 is 5.64. The molecule has 1 aromatic rings. The zero-order chi connectivity index (χ0) is 15.6. The molecule has 114 valence electrons. The van der Waals surface area contributed by atoms with Crippen LogP contribution in [-0.4, -0.2) is 59.4 Å². The fourth-order valence-electron chi connectivity index (χ4n) is 2.20. The number of hydrogen-bond acceptors (Lipinski definition) is 5. The van der Waals surface area contributed by atoms with Crippen LogP contribution < -0.4 is 0 Å². The van der Waals surface area contributed by atoms with Gasteiger partial charge in [0.1, 0.15) is 11.7 Å². The molecule has 1 saturated heterocycles. The quantitative estimate of drug-likeness (QED) is 0.803. The lowest BCUT2D eigenvalue weighted by Crippen LogP contribution is -2.44. The van der Waals surface area contributed by atoms with Crippen LogP contribution in [0.4, 0.5) is 0 Å². The van der Waals surface area contributed by atoms with Gasteiger partial charge in [0.15, 0.2) is 9.84 Å². The molecule has 0 saturated carbocycles. The van der Waals surface area contributed by atoms with Crippen LogP contribution in [0.1, 0.15) is 16.8 Å². The van der Waals surface area contributed by atoms with Crippen LogP contribution in [-0.2, 0) is 14.6 Å². The summed E-state index contributed by atoms with van der Waals surface area (Å²) < 4.78 is 23.0. The average molecular weight is 333 g/mol. The Morgan fingerprint density at radius 3 is 2.62 bits per heavy atom. The molecule has 2 rings (SSSR count). The van der Waals surface area contributed by atoms with E-state index in [0.717, 1.165) is 4.90 Å². The van der Waals surface area contributed by atoms with Gasteiger partial charge in [-0.2, -0.15) is 0 Å². The molecule has 1 atom stereocenters. The standard InChI is InChI=1S/C12H13ClN2O5S/c13-10-2-1-8(5-14-10)12(18)15(6-11(16)17)9-3-4-21(19,20)7-9/h1-2,5,9H,3-4,6-7H2,(H,16,17). The second-order valence-corrected chi connectivity index (χ2v) is 7.37. The Labute approximate surface area is 126 Å². The second-order valence-electron chi connectivity index (χ2n) is 4.75. The van der Waals surface area contributed by atoms with E-state index in [1.807, 2.05) is 0 Å². The number of pyridine rings is 1. The third kappa shape index (κ3) is 3.92. The topological polar surface area (TPSA) is 105 Å². The first-order chi connectivity index (χ1) is 9.78. The Hall–Kier alpha value is -1.67. The molecule has 0 aromatic carbocycles. The van der Waals surface area contributed by atoms with Gasteiger partial charge in [0, 0.05) is 12.2 Å². The number of amides is 1. The summed E-state index contributed by atoms with van der Waals surface area (Å²) in [6, 6.07) is 2.21. The lowest BCUT2D eigenvalue weighted by Gasteiger charge is -2.26. The molecule has 1 unspecified atom stereocenters. The molecule has 2 heterocycles. The van der Waals surface area contributed by atoms with Crippen molar-refractivity contribution in [3.63, 3.8) is 0 Å². The van der Waals surface area contributed by atoms with E-state index in [-0.39, 0.29) is 28.6 Å². The first kappa shape index (κ1) is 15.7. The van der Waals surface area contributed by atoms with E-state index in [2.05, 4.69) is 4.98 Å². The minimum atomic E-state index is -3.22. The molecule has 1 aromatic heterocycles. The van der Waals surface area contributed by atoms with E-state index in [4.69, 9.17) is 16.7 Å². The van der Waals surface area contributed by atoms with Crippen molar-refractivity contribution in [1.29, 1.82) is 0 Å². The molecule has 7 nitrogen and oxygen atoms in total. The van der Waals surface area contributed by atoms with E-state index in [1.165, 1.54) is 18.3 Å². The van der Waals surface area contributed by atoms with Gasteiger partial charge in [-0.25, -0.2) is 13.4 Å². The number of carbonyl (C=O) groups is 2. The van der Waals surface area contributed by atoms with Gasteiger partial charge in [0.2, 0.25) is 0 Å². The predicted octanol–water partition coefficient (Wildman–Crippen LogP) is 0.449. The number of rotatable bonds is 4. The van der Waals surface area contributed by atoms with Crippen molar-refractivity contribution in [3.8, 4) is 0 Å². The highest BCUT2D eigenvalue weighted by atomic mass is 35.5. The van der Waals surface area contributed by atoms with Crippen molar-refractivity contribution >= 4 is 33.3 Å². The maximum absolute atomic E-state index is 12.4. The molecule has 0 spiro atoms. The SMILES string of the molecule is O=C(O)CN(C(=O)c1ccc(Cl)nc1)C1CCS(=O)(=O)C1. The summed E-state index contributed by atoms with van der Waals surface area (Å²) in [4.78, 5) is 28.1.